The number of epoxide rings is 1. The van der Waals surface area contributed by atoms with Crippen molar-refractivity contribution in [1.82, 2.24) is 0 Å². The molecule has 0 aromatic heterocycles. The molecule has 0 aliphatic carbocycles. The van der Waals surface area contributed by atoms with Gasteiger partial charge in [0.05, 0.1) is 12.2 Å². The fourth-order valence-electron chi connectivity index (χ4n) is 2.06. The van der Waals surface area contributed by atoms with Gasteiger partial charge in [0, 0.05) is 0 Å². The standard InChI is InChI=1S/C16H22O3/c1-4-5-12(2)13-6-8-14(9-7-13)15(17)18-10-16(3)11-19-16/h6-9,12H,4-5,10-11H2,1-3H3. The van der Waals surface area contributed by atoms with E-state index >= 15 is 0 Å². The molecule has 0 amide bonds. The molecule has 3 nitrogen and oxygen atoms in total. The third-order valence-corrected chi connectivity index (χ3v) is 3.58. The third kappa shape index (κ3) is 3.80. The number of carbonyl (C=O) groups excluding carboxylic acids is 1. The molecule has 1 aromatic carbocycles. The lowest BCUT2D eigenvalue weighted by Gasteiger charge is -2.11. The summed E-state index contributed by atoms with van der Waals surface area (Å²) in [5.41, 5.74) is 1.64. The van der Waals surface area contributed by atoms with Crippen LogP contribution in [0, 0.1) is 0 Å². The molecular weight excluding hydrogens is 240 g/mol. The summed E-state index contributed by atoms with van der Waals surface area (Å²) in [6.07, 6.45) is 2.34. The molecule has 104 valence electrons. The summed E-state index contributed by atoms with van der Waals surface area (Å²) in [5.74, 6) is 0.264. The number of esters is 1. The Bertz CT molecular complexity index is 432. The van der Waals surface area contributed by atoms with Crippen molar-refractivity contribution in [2.45, 2.75) is 45.1 Å². The number of hydrogen-bond donors (Lipinski definition) is 0. The first-order valence-corrected chi connectivity index (χ1v) is 6.95. The fourth-order valence-corrected chi connectivity index (χ4v) is 2.06. The second kappa shape index (κ2) is 5.74. The zero-order valence-electron chi connectivity index (χ0n) is 11.9. The zero-order valence-corrected chi connectivity index (χ0v) is 11.9. The first-order valence-electron chi connectivity index (χ1n) is 6.95. The average Bonchev–Trinajstić information content (AvgIpc) is 3.15. The molecule has 1 heterocycles. The Morgan fingerprint density at radius 3 is 2.58 bits per heavy atom. The Kier molecular flexibility index (Phi) is 4.25. The van der Waals surface area contributed by atoms with Crippen LogP contribution in [0.25, 0.3) is 0 Å². The van der Waals surface area contributed by atoms with Crippen LogP contribution < -0.4 is 0 Å². The topological polar surface area (TPSA) is 38.8 Å². The van der Waals surface area contributed by atoms with E-state index in [1.54, 1.807) is 0 Å². The van der Waals surface area contributed by atoms with E-state index in [0.29, 0.717) is 24.7 Å². The molecule has 0 N–H and O–H groups in total. The SMILES string of the molecule is CCCC(C)c1ccc(C(=O)OCC2(C)CO2)cc1. The molecule has 0 radical (unpaired) electrons. The number of rotatable bonds is 6. The van der Waals surface area contributed by atoms with Crippen LogP contribution in [0.2, 0.25) is 0 Å². The van der Waals surface area contributed by atoms with Crippen molar-refractivity contribution in [1.29, 1.82) is 0 Å². The summed E-state index contributed by atoms with van der Waals surface area (Å²) >= 11 is 0. The Morgan fingerprint density at radius 1 is 1.42 bits per heavy atom. The number of ether oxygens (including phenoxy) is 2. The van der Waals surface area contributed by atoms with E-state index < -0.39 is 0 Å². The van der Waals surface area contributed by atoms with Crippen LogP contribution in [0.1, 0.15) is 55.5 Å². The van der Waals surface area contributed by atoms with Crippen LogP contribution in [0.5, 0.6) is 0 Å². The van der Waals surface area contributed by atoms with Crippen LogP contribution in [-0.4, -0.2) is 24.8 Å². The van der Waals surface area contributed by atoms with Gasteiger partial charge in [-0.2, -0.15) is 0 Å². The van der Waals surface area contributed by atoms with Crippen molar-refractivity contribution in [3.63, 3.8) is 0 Å². The van der Waals surface area contributed by atoms with Gasteiger partial charge in [0.15, 0.2) is 0 Å². The maximum Gasteiger partial charge on any atom is 0.338 e. The normalized spacial score (nSPS) is 22.9. The summed E-state index contributed by atoms with van der Waals surface area (Å²) in [4.78, 5) is 11.8. The van der Waals surface area contributed by atoms with Gasteiger partial charge in [-0.25, -0.2) is 4.79 Å². The van der Waals surface area contributed by atoms with Gasteiger partial charge in [-0.05, 0) is 37.0 Å². The van der Waals surface area contributed by atoms with E-state index in [1.165, 1.54) is 18.4 Å². The lowest BCUT2D eigenvalue weighted by molar-refractivity contribution is 0.0411. The summed E-state index contributed by atoms with van der Waals surface area (Å²) in [5, 5.41) is 0. The molecule has 1 saturated heterocycles. The van der Waals surface area contributed by atoms with Crippen molar-refractivity contribution in [3.8, 4) is 0 Å². The molecule has 2 atom stereocenters. The van der Waals surface area contributed by atoms with Crippen LogP contribution in [-0.2, 0) is 9.47 Å². The molecule has 1 aliphatic heterocycles. The Labute approximate surface area is 114 Å². The maximum absolute atomic E-state index is 11.8. The lowest BCUT2D eigenvalue weighted by atomic mass is 9.96. The van der Waals surface area contributed by atoms with Gasteiger partial charge in [0.2, 0.25) is 0 Å². The molecule has 0 bridgehead atoms. The molecular formula is C16H22O3. The smallest absolute Gasteiger partial charge is 0.338 e. The third-order valence-electron chi connectivity index (χ3n) is 3.58. The second-order valence-corrected chi connectivity index (χ2v) is 5.63. The van der Waals surface area contributed by atoms with Gasteiger partial charge in [-0.15, -0.1) is 0 Å². The summed E-state index contributed by atoms with van der Waals surface area (Å²) in [7, 11) is 0. The predicted molar refractivity (Wildman–Crippen MR) is 74.4 cm³/mol. The van der Waals surface area contributed by atoms with Gasteiger partial charge in [0.25, 0.3) is 0 Å². The van der Waals surface area contributed by atoms with Gasteiger partial charge < -0.3 is 9.47 Å². The molecule has 0 saturated carbocycles. The van der Waals surface area contributed by atoms with Crippen molar-refractivity contribution in [3.05, 3.63) is 35.4 Å². The van der Waals surface area contributed by atoms with Crippen LogP contribution >= 0.6 is 0 Å². The molecule has 1 aliphatic rings. The molecule has 1 fully saturated rings. The summed E-state index contributed by atoms with van der Waals surface area (Å²) < 4.78 is 10.4. The van der Waals surface area contributed by atoms with Crippen molar-refractivity contribution >= 4 is 5.97 Å². The molecule has 2 unspecified atom stereocenters. The van der Waals surface area contributed by atoms with Crippen molar-refractivity contribution in [2.75, 3.05) is 13.2 Å². The Morgan fingerprint density at radius 2 is 2.05 bits per heavy atom. The fraction of sp³-hybridized carbons (Fsp3) is 0.562. The summed E-state index contributed by atoms with van der Waals surface area (Å²) in [6.45, 7) is 7.34. The highest BCUT2D eigenvalue weighted by Gasteiger charge is 2.40. The molecule has 0 spiro atoms. The minimum atomic E-state index is -0.272. The molecule has 2 rings (SSSR count). The molecule has 3 heteroatoms. The number of carbonyl (C=O) groups is 1. The first-order chi connectivity index (χ1) is 9.04. The number of benzene rings is 1. The largest absolute Gasteiger partial charge is 0.459 e. The van der Waals surface area contributed by atoms with E-state index in [4.69, 9.17) is 9.47 Å². The minimum absolute atomic E-state index is 0.245. The van der Waals surface area contributed by atoms with E-state index in [2.05, 4.69) is 13.8 Å². The van der Waals surface area contributed by atoms with Gasteiger partial charge in [0.1, 0.15) is 12.2 Å². The van der Waals surface area contributed by atoms with Gasteiger partial charge in [-0.3, -0.25) is 0 Å². The lowest BCUT2D eigenvalue weighted by Crippen LogP contribution is -2.18. The average molecular weight is 262 g/mol. The first kappa shape index (κ1) is 14.1. The van der Waals surface area contributed by atoms with Crippen LogP contribution in [0.3, 0.4) is 0 Å². The van der Waals surface area contributed by atoms with Crippen LogP contribution in [0.4, 0.5) is 0 Å². The monoisotopic (exact) mass is 262 g/mol. The maximum atomic E-state index is 11.8. The number of hydrogen-bond acceptors (Lipinski definition) is 3. The van der Waals surface area contributed by atoms with E-state index in [9.17, 15) is 4.79 Å². The Hall–Kier alpha value is -1.35. The van der Waals surface area contributed by atoms with E-state index in [-0.39, 0.29) is 11.6 Å². The predicted octanol–water partition coefficient (Wildman–Crippen LogP) is 3.54. The minimum Gasteiger partial charge on any atom is -0.459 e. The Balaban J connectivity index is 1.91. The molecule has 19 heavy (non-hydrogen) atoms. The van der Waals surface area contributed by atoms with Crippen LogP contribution in [0.15, 0.2) is 24.3 Å². The molecule has 1 aromatic rings. The van der Waals surface area contributed by atoms with Crippen molar-refractivity contribution in [2.24, 2.45) is 0 Å². The van der Waals surface area contributed by atoms with Crippen molar-refractivity contribution < 1.29 is 14.3 Å². The quantitative estimate of drug-likeness (QED) is 0.581. The zero-order chi connectivity index (χ0) is 13.9. The second-order valence-electron chi connectivity index (χ2n) is 5.63. The highest BCUT2D eigenvalue weighted by atomic mass is 16.6. The summed E-state index contributed by atoms with van der Waals surface area (Å²) in [6, 6.07) is 7.73. The van der Waals surface area contributed by atoms with Gasteiger partial charge in [-0.1, -0.05) is 32.4 Å². The van der Waals surface area contributed by atoms with E-state index in [0.717, 1.165) is 0 Å². The highest BCUT2D eigenvalue weighted by Crippen LogP contribution is 2.26. The van der Waals surface area contributed by atoms with Gasteiger partial charge >= 0.3 is 5.97 Å². The van der Waals surface area contributed by atoms with E-state index in [1.807, 2.05) is 31.2 Å². The highest BCUT2D eigenvalue weighted by molar-refractivity contribution is 5.89.